The molecule has 0 bridgehead atoms. The van der Waals surface area contributed by atoms with Crippen molar-refractivity contribution in [1.82, 2.24) is 15.0 Å². The van der Waals surface area contributed by atoms with Gasteiger partial charge in [-0.1, -0.05) is 17.3 Å². The molecule has 0 N–H and O–H groups in total. The van der Waals surface area contributed by atoms with Gasteiger partial charge in [0, 0.05) is 6.54 Å². The summed E-state index contributed by atoms with van der Waals surface area (Å²) < 4.78 is 16.8. The molecule has 0 spiro atoms. The van der Waals surface area contributed by atoms with Gasteiger partial charge >= 0.3 is 0 Å². The number of aromatic nitrogens is 2. The molecule has 0 unspecified atom stereocenters. The molecule has 0 radical (unpaired) electrons. The maximum Gasteiger partial charge on any atom is 0.267 e. The number of likely N-dealkylation sites (tertiary alicyclic amines) is 1. The second-order valence-corrected chi connectivity index (χ2v) is 6.09. The minimum Gasteiger partial charge on any atom is -0.485 e. The fraction of sp³-hybridized carbons (Fsp3) is 0.471. The SMILES string of the molecule is Cc1noc([C@H]2CCCCN2C(=O)[C@H]2COc3ccccc3O2)n1. The molecule has 1 aromatic carbocycles. The van der Waals surface area contributed by atoms with E-state index in [1.54, 1.807) is 11.8 Å². The largest absolute Gasteiger partial charge is 0.485 e. The van der Waals surface area contributed by atoms with Crippen molar-refractivity contribution in [2.75, 3.05) is 13.2 Å². The molecule has 2 aliphatic heterocycles. The Morgan fingerprint density at radius 3 is 2.88 bits per heavy atom. The molecule has 2 aliphatic rings. The Balaban J connectivity index is 1.54. The second-order valence-electron chi connectivity index (χ2n) is 6.09. The number of nitrogens with zero attached hydrogens (tertiary/aromatic N) is 3. The Labute approximate surface area is 139 Å². The van der Waals surface area contributed by atoms with Crippen LogP contribution < -0.4 is 9.47 Å². The number of fused-ring (bicyclic) bond motifs is 1. The number of piperidine rings is 1. The van der Waals surface area contributed by atoms with E-state index >= 15 is 0 Å². The molecular formula is C17H19N3O4. The van der Waals surface area contributed by atoms with Gasteiger partial charge in [0.05, 0.1) is 0 Å². The van der Waals surface area contributed by atoms with Crippen LogP contribution in [-0.2, 0) is 4.79 Å². The van der Waals surface area contributed by atoms with Crippen LogP contribution in [0.2, 0.25) is 0 Å². The van der Waals surface area contributed by atoms with Crippen molar-refractivity contribution in [1.29, 1.82) is 0 Å². The molecule has 1 saturated heterocycles. The smallest absolute Gasteiger partial charge is 0.267 e. The van der Waals surface area contributed by atoms with Crippen molar-refractivity contribution in [3.63, 3.8) is 0 Å². The van der Waals surface area contributed by atoms with E-state index in [1.165, 1.54) is 0 Å². The van der Waals surface area contributed by atoms with Gasteiger partial charge in [-0.3, -0.25) is 4.79 Å². The summed E-state index contributed by atoms with van der Waals surface area (Å²) in [5.74, 6) is 2.26. The molecule has 126 valence electrons. The van der Waals surface area contributed by atoms with E-state index in [2.05, 4.69) is 10.1 Å². The Morgan fingerprint density at radius 2 is 2.08 bits per heavy atom. The zero-order valence-electron chi connectivity index (χ0n) is 13.5. The summed E-state index contributed by atoms with van der Waals surface area (Å²) in [5.41, 5.74) is 0. The third kappa shape index (κ3) is 2.70. The Kier molecular flexibility index (Phi) is 3.84. The molecule has 24 heavy (non-hydrogen) atoms. The summed E-state index contributed by atoms with van der Waals surface area (Å²) in [4.78, 5) is 19.1. The highest BCUT2D eigenvalue weighted by molar-refractivity contribution is 5.82. The number of amides is 1. The van der Waals surface area contributed by atoms with Crippen LogP contribution >= 0.6 is 0 Å². The predicted molar refractivity (Wildman–Crippen MR) is 83.7 cm³/mol. The lowest BCUT2D eigenvalue weighted by Crippen LogP contribution is -2.49. The van der Waals surface area contributed by atoms with Crippen molar-refractivity contribution in [3.05, 3.63) is 36.0 Å². The van der Waals surface area contributed by atoms with Crippen LogP contribution in [0.25, 0.3) is 0 Å². The molecule has 7 nitrogen and oxygen atoms in total. The van der Waals surface area contributed by atoms with E-state index in [4.69, 9.17) is 14.0 Å². The summed E-state index contributed by atoms with van der Waals surface area (Å²) in [6, 6.07) is 7.20. The minimum atomic E-state index is -0.649. The average molecular weight is 329 g/mol. The monoisotopic (exact) mass is 329 g/mol. The third-order valence-corrected chi connectivity index (χ3v) is 4.40. The fourth-order valence-corrected chi connectivity index (χ4v) is 3.23. The van der Waals surface area contributed by atoms with Crippen LogP contribution in [0.1, 0.15) is 37.0 Å². The van der Waals surface area contributed by atoms with Gasteiger partial charge in [-0.15, -0.1) is 0 Å². The van der Waals surface area contributed by atoms with E-state index < -0.39 is 6.10 Å². The number of para-hydroxylation sites is 2. The van der Waals surface area contributed by atoms with Gasteiger partial charge in [-0.25, -0.2) is 0 Å². The van der Waals surface area contributed by atoms with Crippen molar-refractivity contribution < 1.29 is 18.8 Å². The standard InChI is InChI=1S/C17H19N3O4/c1-11-18-16(24-19-11)12-6-4-5-9-20(12)17(21)15-10-22-13-7-2-3-8-14(13)23-15/h2-3,7-8,12,15H,4-6,9-10H2,1H3/t12-,15-/m1/s1. The number of rotatable bonds is 2. The molecule has 0 saturated carbocycles. The van der Waals surface area contributed by atoms with Crippen LogP contribution in [0.4, 0.5) is 0 Å². The van der Waals surface area contributed by atoms with E-state index in [1.807, 2.05) is 24.3 Å². The quantitative estimate of drug-likeness (QED) is 0.841. The molecule has 1 fully saturated rings. The van der Waals surface area contributed by atoms with Crippen molar-refractivity contribution >= 4 is 5.91 Å². The second kappa shape index (κ2) is 6.14. The predicted octanol–water partition coefficient (Wildman–Crippen LogP) is 2.27. The first-order valence-corrected chi connectivity index (χ1v) is 8.21. The normalized spacial score (nSPS) is 23.1. The van der Waals surface area contributed by atoms with E-state index in [-0.39, 0.29) is 18.6 Å². The molecule has 4 rings (SSSR count). The maximum absolute atomic E-state index is 13.0. The zero-order valence-corrected chi connectivity index (χ0v) is 13.5. The minimum absolute atomic E-state index is 0.0925. The van der Waals surface area contributed by atoms with Crippen LogP contribution in [-0.4, -0.2) is 40.2 Å². The Bertz CT molecular complexity index is 745. The van der Waals surface area contributed by atoms with Gasteiger partial charge in [-0.05, 0) is 38.3 Å². The average Bonchev–Trinajstić information content (AvgIpc) is 3.07. The summed E-state index contributed by atoms with van der Waals surface area (Å²) >= 11 is 0. The highest BCUT2D eigenvalue weighted by atomic mass is 16.6. The highest BCUT2D eigenvalue weighted by Crippen LogP contribution is 2.34. The van der Waals surface area contributed by atoms with Gasteiger partial charge in [0.25, 0.3) is 5.91 Å². The van der Waals surface area contributed by atoms with Crippen LogP contribution in [0.3, 0.4) is 0 Å². The molecule has 2 aromatic rings. The van der Waals surface area contributed by atoms with Crippen LogP contribution in [0, 0.1) is 6.92 Å². The number of benzene rings is 1. The maximum atomic E-state index is 13.0. The molecule has 3 heterocycles. The highest BCUT2D eigenvalue weighted by Gasteiger charge is 2.38. The first kappa shape index (κ1) is 15.0. The lowest BCUT2D eigenvalue weighted by Gasteiger charge is -2.36. The molecule has 7 heteroatoms. The zero-order chi connectivity index (χ0) is 16.5. The van der Waals surface area contributed by atoms with Gasteiger partial charge in [-0.2, -0.15) is 4.98 Å². The molecule has 2 atom stereocenters. The summed E-state index contributed by atoms with van der Waals surface area (Å²) in [5, 5.41) is 3.85. The van der Waals surface area contributed by atoms with E-state index in [0.29, 0.717) is 29.8 Å². The van der Waals surface area contributed by atoms with Gasteiger partial charge < -0.3 is 18.9 Å². The van der Waals surface area contributed by atoms with Crippen LogP contribution in [0.5, 0.6) is 11.5 Å². The summed E-state index contributed by atoms with van der Waals surface area (Å²) in [6.45, 7) is 2.64. The number of ether oxygens (including phenoxy) is 2. The number of hydrogen-bond donors (Lipinski definition) is 0. The molecular weight excluding hydrogens is 310 g/mol. The molecule has 1 amide bonds. The van der Waals surface area contributed by atoms with Crippen molar-refractivity contribution in [3.8, 4) is 11.5 Å². The number of carbonyl (C=O) groups excluding carboxylic acids is 1. The van der Waals surface area contributed by atoms with Crippen molar-refractivity contribution in [2.24, 2.45) is 0 Å². The number of aryl methyl sites for hydroxylation is 1. The Morgan fingerprint density at radius 1 is 1.25 bits per heavy atom. The van der Waals surface area contributed by atoms with Gasteiger partial charge in [0.1, 0.15) is 12.6 Å². The van der Waals surface area contributed by atoms with Gasteiger partial charge in [0.15, 0.2) is 17.3 Å². The van der Waals surface area contributed by atoms with E-state index in [9.17, 15) is 4.79 Å². The molecule has 0 aliphatic carbocycles. The van der Waals surface area contributed by atoms with Crippen molar-refractivity contribution in [2.45, 2.75) is 38.3 Å². The van der Waals surface area contributed by atoms with Crippen LogP contribution in [0.15, 0.2) is 28.8 Å². The Hall–Kier alpha value is -2.57. The van der Waals surface area contributed by atoms with Gasteiger partial charge in [0.2, 0.25) is 12.0 Å². The number of hydrogen-bond acceptors (Lipinski definition) is 6. The lowest BCUT2D eigenvalue weighted by atomic mass is 10.0. The fourth-order valence-electron chi connectivity index (χ4n) is 3.23. The lowest BCUT2D eigenvalue weighted by molar-refractivity contribution is -0.145. The first-order chi connectivity index (χ1) is 11.7. The summed E-state index contributed by atoms with van der Waals surface area (Å²) in [6.07, 6.45) is 2.15. The topological polar surface area (TPSA) is 77.7 Å². The molecule has 1 aromatic heterocycles. The van der Waals surface area contributed by atoms with E-state index in [0.717, 1.165) is 19.3 Å². The summed E-state index contributed by atoms with van der Waals surface area (Å²) in [7, 11) is 0. The number of carbonyl (C=O) groups is 1. The third-order valence-electron chi connectivity index (χ3n) is 4.40. The first-order valence-electron chi connectivity index (χ1n) is 8.21.